The largest absolute Gasteiger partial charge is 0.294 e. The molecule has 0 radical (unpaired) electrons. The Morgan fingerprint density at radius 3 is 2.60 bits per heavy atom. The molecule has 15 heavy (non-hydrogen) atoms. The van der Waals surface area contributed by atoms with Gasteiger partial charge in [0, 0.05) is 9.93 Å². The second-order valence-corrected chi connectivity index (χ2v) is 4.53. The number of aryl methyl sites for hydroxylation is 1. The van der Waals surface area contributed by atoms with Crippen molar-refractivity contribution in [2.24, 2.45) is 5.11 Å². The monoisotopic (exact) mass is 247 g/mol. The second-order valence-electron chi connectivity index (χ2n) is 2.73. The van der Waals surface area contributed by atoms with Gasteiger partial charge in [0.1, 0.15) is 4.90 Å². The summed E-state index contributed by atoms with van der Waals surface area (Å²) in [6, 6.07) is 2.32. The summed E-state index contributed by atoms with van der Waals surface area (Å²) in [5.41, 5.74) is 8.44. The van der Waals surface area contributed by atoms with Gasteiger partial charge < -0.3 is 0 Å². The molecule has 1 aromatic rings. The van der Waals surface area contributed by atoms with Crippen LogP contribution in [0.4, 0.5) is 5.69 Å². The first kappa shape index (κ1) is 11.8. The molecule has 0 fully saturated rings. The first-order valence-electron chi connectivity index (χ1n) is 3.69. The molecule has 0 atom stereocenters. The molecule has 0 spiro atoms. The summed E-state index contributed by atoms with van der Waals surface area (Å²) in [7, 11) is -4.42. The van der Waals surface area contributed by atoms with Gasteiger partial charge in [-0.05, 0) is 30.2 Å². The van der Waals surface area contributed by atoms with Crippen LogP contribution in [0, 0.1) is 6.92 Å². The van der Waals surface area contributed by atoms with E-state index in [1.54, 1.807) is 6.92 Å². The van der Waals surface area contributed by atoms with E-state index < -0.39 is 15.0 Å². The molecule has 0 saturated heterocycles. The van der Waals surface area contributed by atoms with Crippen molar-refractivity contribution in [2.45, 2.75) is 11.8 Å². The minimum Gasteiger partial charge on any atom is -0.282 e. The van der Waals surface area contributed by atoms with E-state index in [9.17, 15) is 8.42 Å². The van der Waals surface area contributed by atoms with Gasteiger partial charge >= 0.3 is 0 Å². The van der Waals surface area contributed by atoms with Crippen molar-refractivity contribution in [3.8, 4) is 0 Å². The predicted molar refractivity (Wildman–Crippen MR) is 54.8 cm³/mol. The SMILES string of the molecule is Cc1cc(S(=O)(=O)O)c(N=[N+]=[N-])cc1Cl. The van der Waals surface area contributed by atoms with E-state index >= 15 is 0 Å². The number of rotatable bonds is 2. The first-order chi connectivity index (χ1) is 6.86. The van der Waals surface area contributed by atoms with Gasteiger partial charge in [-0.3, -0.25) is 4.55 Å². The lowest BCUT2D eigenvalue weighted by molar-refractivity contribution is 0.483. The quantitative estimate of drug-likeness (QED) is 0.376. The lowest BCUT2D eigenvalue weighted by Crippen LogP contribution is -1.99. The molecule has 1 rings (SSSR count). The van der Waals surface area contributed by atoms with Crippen molar-refractivity contribution in [3.63, 3.8) is 0 Å². The van der Waals surface area contributed by atoms with Crippen molar-refractivity contribution in [1.29, 1.82) is 0 Å². The molecule has 8 heteroatoms. The molecule has 0 heterocycles. The molecule has 0 aliphatic rings. The van der Waals surface area contributed by atoms with E-state index in [1.807, 2.05) is 0 Å². The van der Waals surface area contributed by atoms with Crippen LogP contribution in [0.5, 0.6) is 0 Å². The fourth-order valence-electron chi connectivity index (χ4n) is 0.977. The van der Waals surface area contributed by atoms with Gasteiger partial charge in [-0.25, -0.2) is 0 Å². The molecule has 0 aromatic heterocycles. The summed E-state index contributed by atoms with van der Waals surface area (Å²) in [4.78, 5) is 1.99. The van der Waals surface area contributed by atoms with E-state index in [0.29, 0.717) is 5.56 Å². The Bertz CT molecular complexity index is 549. The van der Waals surface area contributed by atoms with Crippen LogP contribution < -0.4 is 0 Å². The average molecular weight is 248 g/mol. The Morgan fingerprint density at radius 1 is 1.53 bits per heavy atom. The molecule has 1 N–H and O–H groups in total. The van der Waals surface area contributed by atoms with Gasteiger partial charge in [-0.1, -0.05) is 16.7 Å². The maximum Gasteiger partial charge on any atom is 0.294 e. The third kappa shape index (κ3) is 2.60. The average Bonchev–Trinajstić information content (AvgIpc) is 2.09. The summed E-state index contributed by atoms with van der Waals surface area (Å²) in [6.07, 6.45) is 0. The number of hydrogen-bond acceptors (Lipinski definition) is 3. The molecule has 6 nitrogen and oxygen atoms in total. The fourth-order valence-corrected chi connectivity index (χ4v) is 1.83. The van der Waals surface area contributed by atoms with Gasteiger partial charge in [0.25, 0.3) is 10.1 Å². The van der Waals surface area contributed by atoms with Crippen LogP contribution in [0.25, 0.3) is 10.4 Å². The van der Waals surface area contributed by atoms with Gasteiger partial charge in [-0.15, -0.1) is 0 Å². The summed E-state index contributed by atoms with van der Waals surface area (Å²) >= 11 is 5.71. The van der Waals surface area contributed by atoms with Crippen LogP contribution in [0.2, 0.25) is 5.02 Å². The molecular weight excluding hydrogens is 242 g/mol. The Labute approximate surface area is 90.9 Å². The van der Waals surface area contributed by atoms with Crippen LogP contribution in [-0.2, 0) is 10.1 Å². The second kappa shape index (κ2) is 4.08. The summed E-state index contributed by atoms with van der Waals surface area (Å²) in [5.74, 6) is 0. The highest BCUT2D eigenvalue weighted by Gasteiger charge is 2.16. The molecule has 0 amide bonds. The third-order valence-electron chi connectivity index (χ3n) is 1.67. The smallest absolute Gasteiger partial charge is 0.282 e. The van der Waals surface area contributed by atoms with Crippen molar-refractivity contribution in [3.05, 3.63) is 33.2 Å². The predicted octanol–water partition coefficient (Wildman–Crippen LogP) is 2.84. The molecule has 0 saturated carbocycles. The highest BCUT2D eigenvalue weighted by molar-refractivity contribution is 7.86. The van der Waals surface area contributed by atoms with Gasteiger partial charge in [0.15, 0.2) is 0 Å². The van der Waals surface area contributed by atoms with Crippen LogP contribution in [0.15, 0.2) is 22.1 Å². The summed E-state index contributed by atoms with van der Waals surface area (Å²) in [5, 5.41) is 3.39. The Balaban J connectivity index is 3.63. The van der Waals surface area contributed by atoms with Gasteiger partial charge in [-0.2, -0.15) is 8.42 Å². The maximum atomic E-state index is 10.9. The van der Waals surface area contributed by atoms with Crippen molar-refractivity contribution in [2.75, 3.05) is 0 Å². The van der Waals surface area contributed by atoms with E-state index in [-0.39, 0.29) is 10.7 Å². The Kier molecular flexibility index (Phi) is 3.21. The summed E-state index contributed by atoms with van der Waals surface area (Å²) < 4.78 is 30.7. The first-order valence-corrected chi connectivity index (χ1v) is 5.51. The normalized spacial score (nSPS) is 10.9. The highest BCUT2D eigenvalue weighted by Crippen LogP contribution is 2.30. The number of nitrogens with zero attached hydrogens (tertiary/aromatic N) is 3. The van der Waals surface area contributed by atoms with Gasteiger partial charge in [0.05, 0.1) is 5.69 Å². The highest BCUT2D eigenvalue weighted by atomic mass is 35.5. The lowest BCUT2D eigenvalue weighted by Gasteiger charge is -2.04. The van der Waals surface area contributed by atoms with E-state index in [0.717, 1.165) is 6.07 Å². The van der Waals surface area contributed by atoms with E-state index in [1.165, 1.54) is 6.07 Å². The van der Waals surface area contributed by atoms with Crippen molar-refractivity contribution >= 4 is 27.4 Å². The van der Waals surface area contributed by atoms with Crippen LogP contribution in [0.1, 0.15) is 5.56 Å². The van der Waals surface area contributed by atoms with Gasteiger partial charge in [0.2, 0.25) is 0 Å². The van der Waals surface area contributed by atoms with Crippen LogP contribution in [-0.4, -0.2) is 13.0 Å². The van der Waals surface area contributed by atoms with E-state index in [2.05, 4.69) is 10.0 Å². The molecule has 0 aliphatic heterocycles. The fraction of sp³-hybridized carbons (Fsp3) is 0.143. The standard InChI is InChI=1S/C7H6ClN3O3S/c1-4-2-7(15(12,13)14)6(10-11-9)3-5(4)8/h2-3H,1H3,(H,12,13,14). The topological polar surface area (TPSA) is 103 Å². The van der Waals surface area contributed by atoms with Crippen LogP contribution >= 0.6 is 11.6 Å². The minimum atomic E-state index is -4.42. The molecule has 80 valence electrons. The Hall–Kier alpha value is -1.27. The number of hydrogen-bond donors (Lipinski definition) is 1. The molecule has 0 unspecified atom stereocenters. The van der Waals surface area contributed by atoms with Crippen molar-refractivity contribution < 1.29 is 13.0 Å². The maximum absolute atomic E-state index is 10.9. The zero-order valence-electron chi connectivity index (χ0n) is 7.55. The Morgan fingerprint density at radius 2 is 2.13 bits per heavy atom. The zero-order valence-corrected chi connectivity index (χ0v) is 9.12. The van der Waals surface area contributed by atoms with Crippen molar-refractivity contribution in [1.82, 2.24) is 0 Å². The molecule has 0 bridgehead atoms. The minimum absolute atomic E-state index is 0.226. The molecular formula is C7H6ClN3O3S. The number of benzene rings is 1. The van der Waals surface area contributed by atoms with Crippen LogP contribution in [0.3, 0.4) is 0 Å². The molecule has 1 aromatic carbocycles. The third-order valence-corrected chi connectivity index (χ3v) is 2.96. The number of halogens is 1. The number of azide groups is 1. The molecule has 0 aliphatic carbocycles. The lowest BCUT2D eigenvalue weighted by atomic mass is 10.2. The summed E-state index contributed by atoms with van der Waals surface area (Å²) in [6.45, 7) is 1.57. The van der Waals surface area contributed by atoms with E-state index in [4.69, 9.17) is 21.7 Å². The zero-order chi connectivity index (χ0) is 11.6.